The van der Waals surface area contributed by atoms with Crippen LogP contribution in [0.15, 0.2) is 24.3 Å². The van der Waals surface area contributed by atoms with E-state index in [0.717, 1.165) is 32.0 Å². The minimum Gasteiger partial charge on any atom is -0.451 e. The van der Waals surface area contributed by atoms with E-state index in [1.165, 1.54) is 6.92 Å². The molecule has 0 bridgehead atoms. The second kappa shape index (κ2) is 9.24. The third-order valence-corrected chi connectivity index (χ3v) is 3.61. The Balaban J connectivity index is 1.83. The Morgan fingerprint density at radius 1 is 1.25 bits per heavy atom. The fourth-order valence-electron chi connectivity index (χ4n) is 2.29. The van der Waals surface area contributed by atoms with Gasteiger partial charge < -0.3 is 24.4 Å². The molecule has 0 aliphatic carbocycles. The van der Waals surface area contributed by atoms with Gasteiger partial charge in [-0.3, -0.25) is 4.79 Å². The number of rotatable bonds is 7. The molecule has 1 aromatic rings. The average molecular weight is 336 g/mol. The van der Waals surface area contributed by atoms with Gasteiger partial charge in [-0.1, -0.05) is 0 Å². The van der Waals surface area contributed by atoms with Crippen molar-refractivity contribution in [2.45, 2.75) is 20.0 Å². The number of amides is 1. The summed E-state index contributed by atoms with van der Waals surface area (Å²) in [5.74, 6) is -0.930. The molecule has 0 spiro atoms. The summed E-state index contributed by atoms with van der Waals surface area (Å²) in [6.07, 6.45) is -0.878. The molecule has 1 heterocycles. The monoisotopic (exact) mass is 336 g/mol. The maximum Gasteiger partial charge on any atom is 0.332 e. The Morgan fingerprint density at radius 3 is 2.54 bits per heavy atom. The first-order chi connectivity index (χ1) is 11.6. The third-order valence-electron chi connectivity index (χ3n) is 3.61. The van der Waals surface area contributed by atoms with Crippen molar-refractivity contribution in [1.82, 2.24) is 0 Å². The number of hydrogen-bond donors (Lipinski definition) is 1. The van der Waals surface area contributed by atoms with Gasteiger partial charge in [0, 0.05) is 31.1 Å². The molecule has 1 aliphatic heterocycles. The van der Waals surface area contributed by atoms with Gasteiger partial charge in [0.25, 0.3) is 5.91 Å². The van der Waals surface area contributed by atoms with E-state index >= 15 is 0 Å². The molecule has 1 N–H and O–H groups in total. The van der Waals surface area contributed by atoms with Gasteiger partial charge in [0.15, 0.2) is 6.10 Å². The zero-order chi connectivity index (χ0) is 17.4. The van der Waals surface area contributed by atoms with E-state index in [1.807, 2.05) is 24.3 Å². The maximum absolute atomic E-state index is 12.1. The lowest BCUT2D eigenvalue weighted by Gasteiger charge is -2.28. The predicted octanol–water partition coefficient (Wildman–Crippen LogP) is 1.43. The van der Waals surface area contributed by atoms with Crippen molar-refractivity contribution in [3.05, 3.63) is 24.3 Å². The number of nitrogens with one attached hydrogen (secondary N) is 1. The molecule has 1 saturated heterocycles. The Labute approximate surface area is 141 Å². The quantitative estimate of drug-likeness (QED) is 0.759. The molecule has 24 heavy (non-hydrogen) atoms. The van der Waals surface area contributed by atoms with Crippen LogP contribution >= 0.6 is 0 Å². The molecule has 1 fully saturated rings. The fourth-order valence-corrected chi connectivity index (χ4v) is 2.29. The number of carbonyl (C=O) groups is 2. The van der Waals surface area contributed by atoms with Crippen molar-refractivity contribution in [1.29, 1.82) is 0 Å². The topological polar surface area (TPSA) is 77.1 Å². The standard InChI is InChI=1S/C17H24N2O5/c1-3-22-12-16(20)24-13(2)17(21)18-14-4-6-15(7-5-14)19-8-10-23-11-9-19/h4-7,13H,3,8-12H2,1-2H3,(H,18,21)/t13-/m1/s1. The first-order valence-electron chi connectivity index (χ1n) is 8.11. The highest BCUT2D eigenvalue weighted by Gasteiger charge is 2.18. The summed E-state index contributed by atoms with van der Waals surface area (Å²) in [7, 11) is 0. The Kier molecular flexibility index (Phi) is 7.02. The molecular formula is C17H24N2O5. The van der Waals surface area contributed by atoms with Crippen molar-refractivity contribution in [3.63, 3.8) is 0 Å². The molecule has 132 valence electrons. The van der Waals surface area contributed by atoms with E-state index in [0.29, 0.717) is 12.3 Å². The van der Waals surface area contributed by atoms with E-state index < -0.39 is 12.1 Å². The van der Waals surface area contributed by atoms with Gasteiger partial charge in [0.2, 0.25) is 0 Å². The van der Waals surface area contributed by atoms with Crippen LogP contribution in [0.4, 0.5) is 11.4 Å². The number of nitrogens with zero attached hydrogens (tertiary/aromatic N) is 1. The van der Waals surface area contributed by atoms with E-state index in [4.69, 9.17) is 14.2 Å². The molecular weight excluding hydrogens is 312 g/mol. The van der Waals surface area contributed by atoms with Crippen LogP contribution in [0, 0.1) is 0 Å². The normalized spacial score (nSPS) is 15.7. The zero-order valence-electron chi connectivity index (χ0n) is 14.1. The van der Waals surface area contributed by atoms with Crippen LogP contribution in [0.5, 0.6) is 0 Å². The van der Waals surface area contributed by atoms with Crippen molar-refractivity contribution in [2.75, 3.05) is 49.7 Å². The third kappa shape index (κ3) is 5.50. The van der Waals surface area contributed by atoms with Crippen LogP contribution < -0.4 is 10.2 Å². The number of morpholine rings is 1. The molecule has 0 unspecified atom stereocenters. The van der Waals surface area contributed by atoms with Gasteiger partial charge in [-0.05, 0) is 38.1 Å². The largest absolute Gasteiger partial charge is 0.451 e. The second-order valence-corrected chi connectivity index (χ2v) is 5.40. The number of carbonyl (C=O) groups excluding carboxylic acids is 2. The molecule has 7 heteroatoms. The SMILES string of the molecule is CCOCC(=O)O[C@H](C)C(=O)Nc1ccc(N2CCOCC2)cc1. The highest BCUT2D eigenvalue weighted by Crippen LogP contribution is 2.19. The van der Waals surface area contributed by atoms with Crippen molar-refractivity contribution in [2.24, 2.45) is 0 Å². The Morgan fingerprint density at radius 2 is 1.92 bits per heavy atom. The van der Waals surface area contributed by atoms with Gasteiger partial charge in [-0.2, -0.15) is 0 Å². The molecule has 2 rings (SSSR count). The number of hydrogen-bond acceptors (Lipinski definition) is 6. The Hall–Kier alpha value is -2.12. The highest BCUT2D eigenvalue weighted by molar-refractivity contribution is 5.95. The van der Waals surface area contributed by atoms with Gasteiger partial charge in [0.05, 0.1) is 13.2 Å². The maximum atomic E-state index is 12.1. The Bertz CT molecular complexity index is 540. The number of esters is 1. The predicted molar refractivity (Wildman–Crippen MR) is 90.2 cm³/mol. The van der Waals surface area contributed by atoms with Crippen LogP contribution in [0.1, 0.15) is 13.8 Å². The molecule has 1 atom stereocenters. The molecule has 1 aliphatic rings. The van der Waals surface area contributed by atoms with Gasteiger partial charge in [-0.15, -0.1) is 0 Å². The van der Waals surface area contributed by atoms with Gasteiger partial charge >= 0.3 is 5.97 Å². The summed E-state index contributed by atoms with van der Waals surface area (Å²) < 4.78 is 15.3. The summed E-state index contributed by atoms with van der Waals surface area (Å²) in [5, 5.41) is 2.73. The molecule has 0 saturated carbocycles. The molecule has 0 aromatic heterocycles. The molecule has 1 aromatic carbocycles. The smallest absolute Gasteiger partial charge is 0.332 e. The lowest BCUT2D eigenvalue weighted by molar-refractivity contribution is -0.157. The number of anilines is 2. The summed E-state index contributed by atoms with van der Waals surface area (Å²) in [6, 6.07) is 7.56. The first kappa shape index (κ1) is 18.2. The number of benzene rings is 1. The minimum atomic E-state index is -0.878. The van der Waals surface area contributed by atoms with Crippen LogP contribution in [-0.4, -0.2) is 57.5 Å². The van der Waals surface area contributed by atoms with E-state index in [9.17, 15) is 9.59 Å². The van der Waals surface area contributed by atoms with Crippen molar-refractivity contribution < 1.29 is 23.8 Å². The molecule has 1 amide bonds. The minimum absolute atomic E-state index is 0.150. The van der Waals surface area contributed by atoms with Gasteiger partial charge in [0.1, 0.15) is 6.61 Å². The second-order valence-electron chi connectivity index (χ2n) is 5.40. The van der Waals surface area contributed by atoms with Crippen molar-refractivity contribution in [3.8, 4) is 0 Å². The fraction of sp³-hybridized carbons (Fsp3) is 0.529. The van der Waals surface area contributed by atoms with Crippen LogP contribution in [-0.2, 0) is 23.8 Å². The first-order valence-corrected chi connectivity index (χ1v) is 8.11. The summed E-state index contributed by atoms with van der Waals surface area (Å²) in [4.78, 5) is 25.7. The summed E-state index contributed by atoms with van der Waals surface area (Å²) in [6.45, 7) is 6.75. The van der Waals surface area contributed by atoms with E-state index in [2.05, 4.69) is 10.2 Å². The average Bonchev–Trinajstić information content (AvgIpc) is 2.61. The zero-order valence-corrected chi connectivity index (χ0v) is 14.1. The lowest BCUT2D eigenvalue weighted by Crippen LogP contribution is -2.36. The van der Waals surface area contributed by atoms with Crippen LogP contribution in [0.25, 0.3) is 0 Å². The van der Waals surface area contributed by atoms with E-state index in [-0.39, 0.29) is 12.5 Å². The summed E-state index contributed by atoms with van der Waals surface area (Å²) in [5.41, 5.74) is 1.75. The highest BCUT2D eigenvalue weighted by atomic mass is 16.6. The molecule has 7 nitrogen and oxygen atoms in total. The van der Waals surface area contributed by atoms with E-state index in [1.54, 1.807) is 6.92 Å². The van der Waals surface area contributed by atoms with Crippen molar-refractivity contribution >= 4 is 23.3 Å². The van der Waals surface area contributed by atoms with Crippen LogP contribution in [0.3, 0.4) is 0 Å². The number of ether oxygens (including phenoxy) is 3. The van der Waals surface area contributed by atoms with Crippen LogP contribution in [0.2, 0.25) is 0 Å². The summed E-state index contributed by atoms with van der Waals surface area (Å²) >= 11 is 0. The lowest BCUT2D eigenvalue weighted by atomic mass is 10.2. The van der Waals surface area contributed by atoms with Gasteiger partial charge in [-0.25, -0.2) is 4.79 Å². The molecule has 0 radical (unpaired) electrons.